The third kappa shape index (κ3) is 5.04. The number of pyridine rings is 2. The van der Waals surface area contributed by atoms with Gasteiger partial charge in [-0.2, -0.15) is 5.10 Å². The highest BCUT2D eigenvalue weighted by Gasteiger charge is 2.46. The number of ether oxygens (including phenoxy) is 1. The highest BCUT2D eigenvalue weighted by atomic mass is 35.5. The number of aromatic nitrogens is 4. The van der Waals surface area contributed by atoms with Crippen molar-refractivity contribution in [3.05, 3.63) is 92.5 Å². The topological polar surface area (TPSA) is 126 Å². The Morgan fingerprint density at radius 2 is 1.85 bits per heavy atom. The number of methoxy groups -OCH3 is 1. The summed E-state index contributed by atoms with van der Waals surface area (Å²) in [4.78, 5) is 36.7. The minimum atomic E-state index is -0.265. The number of likely N-dealkylation sites (tertiary alicyclic amines) is 1. The molecule has 2 aliphatic heterocycles. The molecule has 0 radical (unpaired) electrons. The Morgan fingerprint density at radius 3 is 2.65 bits per heavy atom. The number of nitrogens with zero attached hydrogens (tertiary/aromatic N) is 5. The zero-order chi connectivity index (χ0) is 33.2. The third-order valence-electron chi connectivity index (χ3n) is 9.79. The van der Waals surface area contributed by atoms with Gasteiger partial charge in [-0.3, -0.25) is 9.69 Å². The van der Waals surface area contributed by atoms with Crippen molar-refractivity contribution in [1.29, 1.82) is 0 Å². The van der Waals surface area contributed by atoms with Gasteiger partial charge in [0.1, 0.15) is 5.82 Å². The van der Waals surface area contributed by atoms with Crippen LogP contribution in [0.4, 0.5) is 16.3 Å². The Bertz CT molecular complexity index is 2190. The summed E-state index contributed by atoms with van der Waals surface area (Å²) in [6, 6.07) is 15.4. The maximum absolute atomic E-state index is 12.9. The first-order valence-electron chi connectivity index (χ1n) is 15.8. The zero-order valence-corrected chi connectivity index (χ0v) is 27.8. The van der Waals surface area contributed by atoms with E-state index in [4.69, 9.17) is 32.9 Å². The molecule has 0 bridgehead atoms. The van der Waals surface area contributed by atoms with Crippen molar-refractivity contribution in [2.45, 2.75) is 30.8 Å². The lowest BCUT2D eigenvalue weighted by Gasteiger charge is -2.28. The lowest BCUT2D eigenvalue weighted by molar-refractivity contribution is 0.219. The molecule has 1 aliphatic carbocycles. The van der Waals surface area contributed by atoms with E-state index in [-0.39, 0.29) is 23.2 Å². The van der Waals surface area contributed by atoms with Gasteiger partial charge in [-0.25, -0.2) is 19.4 Å². The van der Waals surface area contributed by atoms with Crippen LogP contribution in [-0.2, 0) is 13.5 Å². The van der Waals surface area contributed by atoms with Crippen molar-refractivity contribution in [3.8, 4) is 28.3 Å². The van der Waals surface area contributed by atoms with Gasteiger partial charge < -0.3 is 20.7 Å². The molecule has 11 nitrogen and oxygen atoms in total. The third-order valence-corrected chi connectivity index (χ3v) is 10.6. The number of benzene rings is 2. The highest BCUT2D eigenvalue weighted by molar-refractivity contribution is 6.39. The van der Waals surface area contributed by atoms with Gasteiger partial charge in [0.05, 0.1) is 45.7 Å². The molecular formula is C35H32Cl2N8O3. The second-order valence-corrected chi connectivity index (χ2v) is 13.4. The molecule has 48 heavy (non-hydrogen) atoms. The lowest BCUT2D eigenvalue weighted by Crippen LogP contribution is -2.46. The SMILES string of the molecule is COc1nc(-c2cccc(-c3cccc(Nc4nccc5cnn(C)c(=O)c45)c3Cl)c2Cl)cc2c1C(N1CCC3(CNC(=O)N3)C1)CC2. The predicted molar refractivity (Wildman–Crippen MR) is 186 cm³/mol. The molecule has 2 saturated heterocycles. The number of hydrogen-bond donors (Lipinski definition) is 3. The first kappa shape index (κ1) is 30.6. The number of halogens is 2. The molecule has 244 valence electrons. The van der Waals surface area contributed by atoms with Crippen molar-refractivity contribution in [2.75, 3.05) is 32.1 Å². The first-order chi connectivity index (χ1) is 23.2. The molecule has 1 spiro atoms. The zero-order valence-electron chi connectivity index (χ0n) is 26.3. The molecular weight excluding hydrogens is 651 g/mol. The highest BCUT2D eigenvalue weighted by Crippen LogP contribution is 2.47. The summed E-state index contributed by atoms with van der Waals surface area (Å²) in [5.41, 5.74) is 5.33. The minimum absolute atomic E-state index is 0.0948. The number of anilines is 2. The van der Waals surface area contributed by atoms with Gasteiger partial charge in [-0.1, -0.05) is 53.5 Å². The van der Waals surface area contributed by atoms with Crippen LogP contribution in [0.1, 0.15) is 30.0 Å². The quantitative estimate of drug-likeness (QED) is 0.203. The molecule has 2 fully saturated rings. The number of carbonyl (C=O) groups is 1. The molecule has 5 heterocycles. The van der Waals surface area contributed by atoms with E-state index in [0.29, 0.717) is 50.3 Å². The van der Waals surface area contributed by atoms with Crippen molar-refractivity contribution < 1.29 is 9.53 Å². The number of nitrogens with one attached hydrogen (secondary N) is 3. The van der Waals surface area contributed by atoms with Crippen LogP contribution >= 0.6 is 23.2 Å². The van der Waals surface area contributed by atoms with Crippen LogP contribution in [-0.4, -0.2) is 63.0 Å². The van der Waals surface area contributed by atoms with E-state index in [9.17, 15) is 9.59 Å². The number of rotatable bonds is 6. The maximum Gasteiger partial charge on any atom is 0.315 e. The number of amides is 2. The van der Waals surface area contributed by atoms with E-state index in [1.54, 1.807) is 32.6 Å². The van der Waals surface area contributed by atoms with Gasteiger partial charge in [0.25, 0.3) is 5.56 Å². The van der Waals surface area contributed by atoms with E-state index >= 15 is 0 Å². The van der Waals surface area contributed by atoms with Crippen molar-refractivity contribution >= 4 is 51.5 Å². The fourth-order valence-corrected chi connectivity index (χ4v) is 8.00. The second-order valence-electron chi connectivity index (χ2n) is 12.6. The fraction of sp³-hybridized carbons (Fsp3) is 0.286. The maximum atomic E-state index is 12.9. The molecule has 3 N–H and O–H groups in total. The summed E-state index contributed by atoms with van der Waals surface area (Å²) in [6.07, 6.45) is 5.99. The molecule has 2 unspecified atom stereocenters. The molecule has 5 aromatic rings. The van der Waals surface area contributed by atoms with Crippen LogP contribution in [0.15, 0.2) is 65.7 Å². The van der Waals surface area contributed by atoms with Gasteiger partial charge in [0, 0.05) is 66.6 Å². The fourth-order valence-electron chi connectivity index (χ4n) is 7.41. The summed E-state index contributed by atoms with van der Waals surface area (Å²) in [5.74, 6) is 0.977. The molecule has 0 saturated carbocycles. The molecule has 8 rings (SSSR count). The normalized spacial score (nSPS) is 20.2. The van der Waals surface area contributed by atoms with Crippen LogP contribution in [0, 0.1) is 0 Å². The average molecular weight is 684 g/mol. The molecule has 13 heteroatoms. The van der Waals surface area contributed by atoms with E-state index in [2.05, 4.69) is 37.0 Å². The number of hydrogen-bond acceptors (Lipinski definition) is 8. The molecule has 2 atom stereocenters. The van der Waals surface area contributed by atoms with Gasteiger partial charge in [-0.05, 0) is 43.0 Å². The Labute approximate surface area is 286 Å². The van der Waals surface area contributed by atoms with Crippen molar-refractivity contribution in [3.63, 3.8) is 0 Å². The van der Waals surface area contributed by atoms with E-state index in [0.717, 1.165) is 54.7 Å². The smallest absolute Gasteiger partial charge is 0.315 e. The average Bonchev–Trinajstić information content (AvgIpc) is 3.81. The van der Waals surface area contributed by atoms with Crippen LogP contribution in [0.2, 0.25) is 10.0 Å². The summed E-state index contributed by atoms with van der Waals surface area (Å²) in [5, 5.41) is 15.5. The van der Waals surface area contributed by atoms with Crippen molar-refractivity contribution in [1.82, 2.24) is 35.3 Å². The number of fused-ring (bicyclic) bond motifs is 2. The van der Waals surface area contributed by atoms with E-state index < -0.39 is 0 Å². The molecule has 3 aromatic heterocycles. The van der Waals surface area contributed by atoms with Crippen LogP contribution in [0.25, 0.3) is 33.2 Å². The summed E-state index contributed by atoms with van der Waals surface area (Å²) < 4.78 is 7.18. The summed E-state index contributed by atoms with van der Waals surface area (Å²) in [7, 11) is 3.25. The number of aryl methyl sites for hydroxylation is 2. The monoisotopic (exact) mass is 682 g/mol. The Morgan fingerprint density at radius 1 is 1.06 bits per heavy atom. The number of carbonyl (C=O) groups excluding carboxylic acids is 1. The summed E-state index contributed by atoms with van der Waals surface area (Å²) in [6.45, 7) is 2.32. The number of urea groups is 1. The Kier molecular flexibility index (Phi) is 7.50. The Balaban J connectivity index is 1.12. The molecule has 3 aliphatic rings. The van der Waals surface area contributed by atoms with Gasteiger partial charge in [-0.15, -0.1) is 0 Å². The van der Waals surface area contributed by atoms with Gasteiger partial charge in [0.2, 0.25) is 5.88 Å². The molecule has 2 aromatic carbocycles. The largest absolute Gasteiger partial charge is 0.481 e. The first-order valence-corrected chi connectivity index (χ1v) is 16.5. The predicted octanol–water partition coefficient (Wildman–Crippen LogP) is 5.86. The van der Waals surface area contributed by atoms with E-state index in [1.165, 1.54) is 10.2 Å². The van der Waals surface area contributed by atoms with E-state index in [1.807, 2.05) is 36.4 Å². The van der Waals surface area contributed by atoms with Crippen molar-refractivity contribution in [2.24, 2.45) is 7.05 Å². The Hall–Kier alpha value is -4.71. The van der Waals surface area contributed by atoms with Gasteiger partial charge in [0.15, 0.2) is 0 Å². The lowest BCUT2D eigenvalue weighted by atomic mass is 9.99. The van der Waals surface area contributed by atoms with Crippen LogP contribution < -0.4 is 26.2 Å². The van der Waals surface area contributed by atoms with Crippen LogP contribution in [0.3, 0.4) is 0 Å². The summed E-state index contributed by atoms with van der Waals surface area (Å²) >= 11 is 14.2. The minimum Gasteiger partial charge on any atom is -0.481 e. The van der Waals surface area contributed by atoms with Crippen LogP contribution in [0.5, 0.6) is 5.88 Å². The molecule has 2 amide bonds. The standard InChI is InChI=1S/C35H32Cl2N8O3/c1-44-33(46)28-20(16-40-44)11-13-38-31(28)41-24-8-4-6-22(30(24)37)21-5-3-7-23(29(21)36)25-15-19-9-10-26(27(19)32(42-25)48-2)45-14-12-35(18-45)17-39-34(47)43-35/h3-8,11,13,15-16,26H,9-10,12,14,17-18H2,1-2H3,(H,38,41)(H2,39,43,47). The second kappa shape index (κ2) is 11.8. The van der Waals surface area contributed by atoms with Gasteiger partial charge >= 0.3 is 6.03 Å².